The highest BCUT2D eigenvalue weighted by Crippen LogP contribution is 2.41. The predicted molar refractivity (Wildman–Crippen MR) is 168 cm³/mol. The number of ether oxygens (including phenoxy) is 1. The number of halogens is 3. The number of hydrogen-bond donors (Lipinski definition) is 1. The highest BCUT2D eigenvalue weighted by Gasteiger charge is 2.41. The quantitative estimate of drug-likeness (QED) is 0.237. The summed E-state index contributed by atoms with van der Waals surface area (Å²) in [4.78, 5) is 22.0. The summed E-state index contributed by atoms with van der Waals surface area (Å²) in [6.45, 7) is 2.27. The monoisotopic (exact) mass is 642 g/mol. The third-order valence-corrected chi connectivity index (χ3v) is 8.91. The van der Waals surface area contributed by atoms with Crippen molar-refractivity contribution < 1.29 is 22.7 Å². The Balaban J connectivity index is 1.30. The van der Waals surface area contributed by atoms with Crippen LogP contribution in [0, 0.1) is 17.2 Å². The lowest BCUT2D eigenvalue weighted by atomic mass is 9.97. The minimum Gasteiger partial charge on any atom is -0.370 e. The molecular weight excluding hydrogens is 609 g/mol. The number of nitrogens with one attached hydrogen (secondary N) is 1. The van der Waals surface area contributed by atoms with Crippen LogP contribution in [0.2, 0.25) is 0 Å². The molecule has 2 aromatic heterocycles. The molecule has 3 aliphatic rings. The van der Waals surface area contributed by atoms with Crippen LogP contribution in [-0.2, 0) is 31.1 Å². The zero-order valence-corrected chi connectivity index (χ0v) is 25.8. The number of rotatable bonds is 9. The molecule has 47 heavy (non-hydrogen) atoms. The summed E-state index contributed by atoms with van der Waals surface area (Å²) in [5.74, 6) is 1.38. The molecule has 7 rings (SSSR count). The van der Waals surface area contributed by atoms with Gasteiger partial charge in [-0.2, -0.15) is 18.4 Å². The number of alkyl halides is 3. The van der Waals surface area contributed by atoms with Gasteiger partial charge in [0.1, 0.15) is 18.0 Å². The van der Waals surface area contributed by atoms with Crippen molar-refractivity contribution in [1.29, 1.82) is 5.26 Å². The van der Waals surface area contributed by atoms with E-state index in [-0.39, 0.29) is 30.0 Å². The molecule has 1 saturated carbocycles. The molecule has 1 N–H and O–H groups in total. The summed E-state index contributed by atoms with van der Waals surface area (Å²) in [5, 5.41) is 21.4. The van der Waals surface area contributed by atoms with Crippen LogP contribution in [0.5, 0.6) is 0 Å². The summed E-state index contributed by atoms with van der Waals surface area (Å²) < 4.78 is 50.6. The maximum atomic E-state index is 14.5. The van der Waals surface area contributed by atoms with Crippen molar-refractivity contribution >= 4 is 17.5 Å². The van der Waals surface area contributed by atoms with E-state index < -0.39 is 17.6 Å². The standard InChI is InChI=1S/C34H33F3N8O2/c1-43-19-40-42-32(43)25-6-5-22(16-38)11-26(25)24-14-30(39-8-7-21-3-4-21)41-31(15-24)45-18-28-27(33(45)46)12-23(13-29(28)34(35,36)37)17-44-9-2-10-47-20-44/h5-6,11-15,19,21H,2-4,7-10,17-18,20H2,1H3,(H,39,41). The van der Waals surface area contributed by atoms with Crippen molar-refractivity contribution in [2.45, 2.75) is 44.9 Å². The molecule has 0 spiro atoms. The SMILES string of the molecule is Cn1cnnc1-c1ccc(C#N)cc1-c1cc(NCCC2CC2)nc(N2Cc3c(cc(CN4CCCOC4)cc3C(F)(F)F)C2=O)c1. The van der Waals surface area contributed by atoms with E-state index in [0.29, 0.717) is 71.8 Å². The number of pyridine rings is 1. The van der Waals surface area contributed by atoms with Gasteiger partial charge in [-0.1, -0.05) is 12.8 Å². The van der Waals surface area contributed by atoms with Crippen LogP contribution in [0.1, 0.15) is 58.3 Å². The van der Waals surface area contributed by atoms with Gasteiger partial charge < -0.3 is 14.6 Å². The third-order valence-electron chi connectivity index (χ3n) is 8.91. The second-order valence-electron chi connectivity index (χ2n) is 12.4. The van der Waals surface area contributed by atoms with Crippen LogP contribution >= 0.6 is 0 Å². The average molecular weight is 643 g/mol. The highest BCUT2D eigenvalue weighted by atomic mass is 19.4. The van der Waals surface area contributed by atoms with Crippen LogP contribution in [-0.4, -0.2) is 57.0 Å². The number of hydrogen-bond acceptors (Lipinski definition) is 8. The molecule has 0 atom stereocenters. The smallest absolute Gasteiger partial charge is 0.370 e. The molecule has 0 bridgehead atoms. The number of carbonyl (C=O) groups excluding carboxylic acids is 1. The maximum Gasteiger partial charge on any atom is 0.416 e. The number of aryl methyl sites for hydroxylation is 1. The molecule has 2 aromatic carbocycles. The second-order valence-corrected chi connectivity index (χ2v) is 12.4. The zero-order chi connectivity index (χ0) is 32.7. The molecule has 0 radical (unpaired) electrons. The molecular formula is C34H33F3N8O2. The summed E-state index contributed by atoms with van der Waals surface area (Å²) in [5.41, 5.74) is 1.94. The van der Waals surface area contributed by atoms with Gasteiger partial charge in [0, 0.05) is 44.4 Å². The Morgan fingerprint density at radius 3 is 2.66 bits per heavy atom. The number of benzene rings is 2. The van der Waals surface area contributed by atoms with Crippen LogP contribution in [0.3, 0.4) is 0 Å². The van der Waals surface area contributed by atoms with E-state index >= 15 is 0 Å². The maximum absolute atomic E-state index is 14.5. The number of fused-ring (bicyclic) bond motifs is 1. The Labute approximate surface area is 269 Å². The van der Waals surface area contributed by atoms with Crippen LogP contribution in [0.25, 0.3) is 22.5 Å². The fraction of sp³-hybridized carbons (Fsp3) is 0.382. The Kier molecular flexibility index (Phi) is 8.15. The minimum atomic E-state index is -4.65. The molecule has 2 aliphatic heterocycles. The lowest BCUT2D eigenvalue weighted by Gasteiger charge is -2.27. The molecule has 0 unspecified atom stereocenters. The van der Waals surface area contributed by atoms with Gasteiger partial charge in [-0.15, -0.1) is 10.2 Å². The fourth-order valence-electron chi connectivity index (χ4n) is 6.31. The van der Waals surface area contributed by atoms with Crippen molar-refractivity contribution in [3.63, 3.8) is 0 Å². The van der Waals surface area contributed by atoms with E-state index in [1.54, 1.807) is 41.2 Å². The normalized spacial score (nSPS) is 16.7. The van der Waals surface area contributed by atoms with E-state index in [9.17, 15) is 23.2 Å². The van der Waals surface area contributed by atoms with E-state index in [1.807, 2.05) is 18.0 Å². The topological polar surface area (TPSA) is 112 Å². The van der Waals surface area contributed by atoms with Crippen LogP contribution < -0.4 is 10.2 Å². The van der Waals surface area contributed by atoms with Crippen molar-refractivity contribution in [1.82, 2.24) is 24.6 Å². The summed E-state index contributed by atoms with van der Waals surface area (Å²) in [7, 11) is 1.81. The Morgan fingerprint density at radius 2 is 1.96 bits per heavy atom. The molecule has 242 valence electrons. The lowest BCUT2D eigenvalue weighted by Crippen LogP contribution is -2.32. The number of nitriles is 1. The average Bonchev–Trinajstić information content (AvgIpc) is 3.70. The van der Waals surface area contributed by atoms with Gasteiger partial charge in [-0.25, -0.2) is 4.98 Å². The number of anilines is 2. The molecule has 1 saturated heterocycles. The molecule has 13 heteroatoms. The van der Waals surface area contributed by atoms with Gasteiger partial charge in [0.15, 0.2) is 5.82 Å². The molecule has 1 amide bonds. The lowest BCUT2D eigenvalue weighted by molar-refractivity contribution is -0.138. The largest absolute Gasteiger partial charge is 0.416 e. The van der Waals surface area contributed by atoms with Crippen molar-refractivity contribution in [3.8, 4) is 28.6 Å². The van der Waals surface area contributed by atoms with Gasteiger partial charge >= 0.3 is 6.18 Å². The van der Waals surface area contributed by atoms with Gasteiger partial charge in [-0.05, 0) is 83.5 Å². The summed E-state index contributed by atoms with van der Waals surface area (Å²) >= 11 is 0. The molecule has 4 aromatic rings. The van der Waals surface area contributed by atoms with Crippen LogP contribution in [0.4, 0.5) is 24.8 Å². The summed E-state index contributed by atoms with van der Waals surface area (Å²) in [6.07, 6.45) is 1.06. The van der Waals surface area contributed by atoms with E-state index in [2.05, 4.69) is 21.6 Å². The number of amides is 1. The number of aromatic nitrogens is 4. The van der Waals surface area contributed by atoms with Crippen molar-refractivity contribution in [2.75, 3.05) is 36.6 Å². The van der Waals surface area contributed by atoms with E-state index in [1.165, 1.54) is 17.7 Å². The first kappa shape index (κ1) is 30.8. The third kappa shape index (κ3) is 6.43. The zero-order valence-electron chi connectivity index (χ0n) is 25.8. The number of nitrogens with zero attached hydrogens (tertiary/aromatic N) is 7. The predicted octanol–water partition coefficient (Wildman–Crippen LogP) is 5.99. The molecule has 4 heterocycles. The first-order valence-electron chi connectivity index (χ1n) is 15.7. The first-order chi connectivity index (χ1) is 22.7. The van der Waals surface area contributed by atoms with E-state index in [4.69, 9.17) is 9.72 Å². The Bertz CT molecular complexity index is 1870. The van der Waals surface area contributed by atoms with Gasteiger partial charge in [0.25, 0.3) is 5.91 Å². The molecule has 2 fully saturated rings. The molecule has 10 nitrogen and oxygen atoms in total. The van der Waals surface area contributed by atoms with E-state index in [0.717, 1.165) is 18.9 Å². The minimum absolute atomic E-state index is 0.0226. The van der Waals surface area contributed by atoms with Crippen molar-refractivity contribution in [3.05, 3.63) is 76.6 Å². The van der Waals surface area contributed by atoms with Crippen molar-refractivity contribution in [2.24, 2.45) is 13.0 Å². The summed E-state index contributed by atoms with van der Waals surface area (Å²) in [6, 6.07) is 13.6. The van der Waals surface area contributed by atoms with Gasteiger partial charge in [-0.3, -0.25) is 14.6 Å². The fourth-order valence-corrected chi connectivity index (χ4v) is 6.31. The van der Waals surface area contributed by atoms with Gasteiger partial charge in [0.2, 0.25) is 0 Å². The Hall–Kier alpha value is -4.80. The second kappa shape index (κ2) is 12.4. The first-order valence-corrected chi connectivity index (χ1v) is 15.7. The molecule has 1 aliphatic carbocycles. The Morgan fingerprint density at radius 1 is 1.11 bits per heavy atom. The van der Waals surface area contributed by atoms with Crippen LogP contribution in [0.15, 0.2) is 48.8 Å². The van der Waals surface area contributed by atoms with Gasteiger partial charge in [0.05, 0.1) is 30.5 Å². The highest BCUT2D eigenvalue weighted by molar-refractivity contribution is 6.10. The number of carbonyl (C=O) groups is 1.